The third kappa shape index (κ3) is 3.58. The molecular formula is C17H26BFN2O3. The van der Waals surface area contributed by atoms with Crippen LogP contribution in [0.1, 0.15) is 33.3 Å². The van der Waals surface area contributed by atoms with Crippen LogP contribution in [-0.2, 0) is 9.31 Å². The Morgan fingerprint density at radius 1 is 1.29 bits per heavy atom. The van der Waals surface area contributed by atoms with Gasteiger partial charge in [0.1, 0.15) is 11.6 Å². The molecule has 0 radical (unpaired) electrons. The Bertz CT molecular complexity index is 631. The molecule has 1 saturated heterocycles. The number of likely N-dealkylation sites (N-methyl/N-ethyl adjacent to an activating group) is 1. The Morgan fingerprint density at radius 2 is 1.88 bits per heavy atom. The maximum absolute atomic E-state index is 14.3. The number of nitrogens with one attached hydrogen (secondary N) is 1. The highest BCUT2D eigenvalue weighted by molar-refractivity contribution is 6.55. The van der Waals surface area contributed by atoms with E-state index >= 15 is 0 Å². The van der Waals surface area contributed by atoms with E-state index in [0.717, 1.165) is 5.47 Å². The average Bonchev–Trinajstić information content (AvgIpc) is 2.69. The van der Waals surface area contributed by atoms with Crippen LogP contribution in [0.15, 0.2) is 17.6 Å². The summed E-state index contributed by atoms with van der Waals surface area (Å²) >= 11 is 0. The number of hydrogen-bond donors (Lipinski definition) is 2. The van der Waals surface area contributed by atoms with Crippen molar-refractivity contribution in [1.29, 1.82) is 0 Å². The quantitative estimate of drug-likeness (QED) is 0.639. The monoisotopic (exact) mass is 336 g/mol. The van der Waals surface area contributed by atoms with E-state index in [1.165, 1.54) is 13.2 Å². The van der Waals surface area contributed by atoms with Crippen molar-refractivity contribution in [1.82, 2.24) is 5.32 Å². The van der Waals surface area contributed by atoms with Crippen molar-refractivity contribution in [3.8, 4) is 5.75 Å². The molecule has 1 aliphatic heterocycles. The maximum atomic E-state index is 14.3. The van der Waals surface area contributed by atoms with Gasteiger partial charge < -0.3 is 25.1 Å². The molecule has 24 heavy (non-hydrogen) atoms. The Labute approximate surface area is 143 Å². The number of hydrogen-bond acceptors (Lipinski definition) is 5. The summed E-state index contributed by atoms with van der Waals surface area (Å²) in [6.45, 7) is 8.43. The minimum absolute atomic E-state index is 0.262. The molecule has 1 fully saturated rings. The first kappa shape index (κ1) is 18.8. The van der Waals surface area contributed by atoms with Gasteiger partial charge in [0.25, 0.3) is 0 Å². The molecule has 0 bridgehead atoms. The number of anilines is 1. The summed E-state index contributed by atoms with van der Waals surface area (Å²) < 4.78 is 31.6. The lowest BCUT2D eigenvalue weighted by atomic mass is 9.77. The summed E-state index contributed by atoms with van der Waals surface area (Å²) in [4.78, 5) is 0. The fourth-order valence-corrected chi connectivity index (χ4v) is 2.47. The lowest BCUT2D eigenvalue weighted by Gasteiger charge is -2.32. The number of rotatable bonds is 5. The van der Waals surface area contributed by atoms with E-state index in [1.807, 2.05) is 34.7 Å². The Hall–Kier alpha value is -1.57. The topological polar surface area (TPSA) is 65.7 Å². The first-order valence-corrected chi connectivity index (χ1v) is 7.95. The predicted octanol–water partition coefficient (Wildman–Crippen LogP) is 2.65. The second kappa shape index (κ2) is 6.74. The highest BCUT2D eigenvalue weighted by atomic mass is 19.1. The summed E-state index contributed by atoms with van der Waals surface area (Å²) in [7, 11) is 2.77. The van der Waals surface area contributed by atoms with Gasteiger partial charge in [-0.3, -0.25) is 0 Å². The minimum Gasteiger partial charge on any atom is -0.495 e. The Balaban J connectivity index is 2.40. The molecule has 3 N–H and O–H groups in total. The Morgan fingerprint density at radius 3 is 2.38 bits per heavy atom. The van der Waals surface area contributed by atoms with Crippen molar-refractivity contribution >= 4 is 18.9 Å². The van der Waals surface area contributed by atoms with Crippen LogP contribution in [0.3, 0.4) is 0 Å². The summed E-state index contributed by atoms with van der Waals surface area (Å²) in [5.74, 6) is 0.0128. The second-order valence-electron chi connectivity index (χ2n) is 6.95. The zero-order valence-electron chi connectivity index (χ0n) is 15.2. The number of methoxy groups -OCH3 is 1. The lowest BCUT2D eigenvalue weighted by molar-refractivity contribution is 0.00578. The van der Waals surface area contributed by atoms with Crippen LogP contribution in [0.2, 0.25) is 0 Å². The van der Waals surface area contributed by atoms with Gasteiger partial charge in [0.05, 0.1) is 24.0 Å². The third-order valence-corrected chi connectivity index (χ3v) is 4.63. The fourth-order valence-electron chi connectivity index (χ4n) is 2.47. The smallest absolute Gasteiger partial charge is 0.491 e. The van der Waals surface area contributed by atoms with Crippen molar-refractivity contribution < 1.29 is 18.4 Å². The molecule has 7 heteroatoms. The number of nitrogens with two attached hydrogens (primary N) is 1. The van der Waals surface area contributed by atoms with E-state index in [4.69, 9.17) is 19.8 Å². The molecule has 0 atom stereocenters. The molecule has 0 saturated carbocycles. The molecular weight excluding hydrogens is 310 g/mol. The van der Waals surface area contributed by atoms with E-state index in [-0.39, 0.29) is 5.69 Å². The van der Waals surface area contributed by atoms with Crippen LogP contribution in [0, 0.1) is 5.82 Å². The molecule has 1 heterocycles. The lowest BCUT2D eigenvalue weighted by Crippen LogP contribution is -2.41. The van der Waals surface area contributed by atoms with Gasteiger partial charge in [-0.05, 0) is 46.3 Å². The van der Waals surface area contributed by atoms with Gasteiger partial charge in [-0.25, -0.2) is 4.39 Å². The highest BCUT2D eigenvalue weighted by Crippen LogP contribution is 2.39. The molecule has 0 amide bonds. The van der Waals surface area contributed by atoms with Gasteiger partial charge in [0.2, 0.25) is 0 Å². The number of nitrogen functional groups attached to an aromatic ring is 1. The minimum atomic E-state index is -0.551. The normalized spacial score (nSPS) is 19.6. The van der Waals surface area contributed by atoms with Crippen molar-refractivity contribution in [3.05, 3.63) is 29.0 Å². The summed E-state index contributed by atoms with van der Waals surface area (Å²) in [5.41, 5.74) is 6.25. The molecule has 0 aromatic heterocycles. The van der Waals surface area contributed by atoms with Crippen LogP contribution in [-0.4, -0.2) is 39.0 Å². The third-order valence-electron chi connectivity index (χ3n) is 4.63. The van der Waals surface area contributed by atoms with Crippen LogP contribution in [0.5, 0.6) is 5.75 Å². The second-order valence-corrected chi connectivity index (χ2v) is 6.95. The summed E-state index contributed by atoms with van der Waals surface area (Å²) in [6, 6.07) is 2.83. The van der Waals surface area contributed by atoms with Gasteiger partial charge in [-0.2, -0.15) is 0 Å². The van der Waals surface area contributed by atoms with E-state index in [0.29, 0.717) is 17.9 Å². The first-order chi connectivity index (χ1) is 11.1. The van der Waals surface area contributed by atoms with Gasteiger partial charge in [0.15, 0.2) is 0 Å². The van der Waals surface area contributed by atoms with E-state index in [1.54, 1.807) is 12.1 Å². The van der Waals surface area contributed by atoms with Gasteiger partial charge in [-0.1, -0.05) is 6.08 Å². The van der Waals surface area contributed by atoms with Crippen molar-refractivity contribution in [2.24, 2.45) is 0 Å². The molecule has 2 rings (SSSR count). The standard InChI is InChI=1S/C17H26BFN2O3/c1-16(2)17(3,4)24-18(23-16)12(10-21-5)7-11-8-15(22-6)14(20)9-13(11)19/h7-9,21H,10,20H2,1-6H3. The molecule has 132 valence electrons. The van der Waals surface area contributed by atoms with Gasteiger partial charge in [0, 0.05) is 18.2 Å². The fraction of sp³-hybridized carbons (Fsp3) is 0.529. The number of ether oxygens (including phenoxy) is 1. The maximum Gasteiger partial charge on any atom is 0.491 e. The van der Waals surface area contributed by atoms with Crippen LogP contribution < -0.4 is 15.8 Å². The van der Waals surface area contributed by atoms with Crippen LogP contribution >= 0.6 is 0 Å². The van der Waals surface area contributed by atoms with Crippen LogP contribution in [0.4, 0.5) is 10.1 Å². The summed E-state index contributed by atoms with van der Waals surface area (Å²) in [6.07, 6.45) is 1.72. The molecule has 5 nitrogen and oxygen atoms in total. The van der Waals surface area contributed by atoms with Crippen molar-refractivity contribution in [3.63, 3.8) is 0 Å². The van der Waals surface area contributed by atoms with Crippen molar-refractivity contribution in [2.75, 3.05) is 26.4 Å². The first-order valence-electron chi connectivity index (χ1n) is 7.95. The highest BCUT2D eigenvalue weighted by Gasteiger charge is 2.52. The van der Waals surface area contributed by atoms with Gasteiger partial charge >= 0.3 is 7.12 Å². The largest absolute Gasteiger partial charge is 0.495 e. The number of benzene rings is 1. The zero-order chi connectivity index (χ0) is 18.1. The summed E-state index contributed by atoms with van der Waals surface area (Å²) in [5, 5.41) is 3.07. The molecule has 1 aliphatic rings. The molecule has 0 unspecified atom stereocenters. The van der Waals surface area contributed by atoms with Crippen LogP contribution in [0.25, 0.3) is 6.08 Å². The van der Waals surface area contributed by atoms with E-state index < -0.39 is 24.1 Å². The molecule has 1 aromatic carbocycles. The Kier molecular flexibility index (Phi) is 5.27. The predicted molar refractivity (Wildman–Crippen MR) is 95.4 cm³/mol. The molecule has 0 spiro atoms. The molecule has 0 aliphatic carbocycles. The zero-order valence-corrected chi connectivity index (χ0v) is 15.2. The van der Waals surface area contributed by atoms with Gasteiger partial charge in [-0.15, -0.1) is 0 Å². The van der Waals surface area contributed by atoms with E-state index in [9.17, 15) is 4.39 Å². The SMILES string of the molecule is CNCC(=Cc1cc(OC)c(N)cc1F)B1OC(C)(C)C(C)(C)O1. The average molecular weight is 336 g/mol. The number of halogens is 1. The van der Waals surface area contributed by atoms with Crippen molar-refractivity contribution in [2.45, 2.75) is 38.9 Å². The molecule has 1 aromatic rings. The van der Waals surface area contributed by atoms with E-state index in [2.05, 4.69) is 5.32 Å².